The van der Waals surface area contributed by atoms with Gasteiger partial charge < -0.3 is 14.2 Å². The van der Waals surface area contributed by atoms with Crippen LogP contribution in [-0.4, -0.2) is 37.6 Å². The lowest BCUT2D eigenvalue weighted by molar-refractivity contribution is 0.0474. The van der Waals surface area contributed by atoms with Crippen LogP contribution in [0.4, 0.5) is 0 Å². The molecule has 0 saturated heterocycles. The monoisotopic (exact) mass is 335 g/mol. The van der Waals surface area contributed by atoms with Crippen molar-refractivity contribution in [2.75, 3.05) is 20.8 Å². The second kappa shape index (κ2) is 7.60. The van der Waals surface area contributed by atoms with Gasteiger partial charge in [0.25, 0.3) is 0 Å². The summed E-state index contributed by atoms with van der Waals surface area (Å²) in [5.41, 5.74) is 0.522. The summed E-state index contributed by atoms with van der Waals surface area (Å²) in [7, 11) is 2.95. The molecule has 1 aromatic heterocycles. The molecule has 0 aliphatic carbocycles. The number of carbonyl (C=O) groups excluding carboxylic acids is 2. The summed E-state index contributed by atoms with van der Waals surface area (Å²) in [6.07, 6.45) is 1.38. The normalized spacial score (nSPS) is 10.0. The Kier molecular flexibility index (Phi) is 5.54. The lowest BCUT2D eigenvalue weighted by Crippen LogP contribution is -2.15. The third kappa shape index (κ3) is 4.20. The number of hydrogen-bond acceptors (Lipinski definition) is 6. The first-order valence-electron chi connectivity index (χ1n) is 6.59. The molecule has 2 aromatic rings. The zero-order chi connectivity index (χ0) is 16.8. The van der Waals surface area contributed by atoms with Gasteiger partial charge in [-0.05, 0) is 24.3 Å². The van der Waals surface area contributed by atoms with E-state index in [1.54, 1.807) is 18.2 Å². The van der Waals surface area contributed by atoms with Crippen molar-refractivity contribution in [1.29, 1.82) is 0 Å². The van der Waals surface area contributed by atoms with Crippen molar-refractivity contribution < 1.29 is 23.8 Å². The van der Waals surface area contributed by atoms with Gasteiger partial charge >= 0.3 is 5.97 Å². The molecule has 0 N–H and O–H groups in total. The Morgan fingerprint density at radius 2 is 1.91 bits per heavy atom. The van der Waals surface area contributed by atoms with Gasteiger partial charge in [0.15, 0.2) is 6.61 Å². The number of rotatable bonds is 6. The van der Waals surface area contributed by atoms with Gasteiger partial charge in [-0.1, -0.05) is 11.6 Å². The first kappa shape index (κ1) is 16.8. The first-order valence-corrected chi connectivity index (χ1v) is 6.97. The fourth-order valence-electron chi connectivity index (χ4n) is 1.85. The number of benzene rings is 1. The summed E-state index contributed by atoms with van der Waals surface area (Å²) in [4.78, 5) is 27.8. The third-order valence-corrected chi connectivity index (χ3v) is 3.21. The van der Waals surface area contributed by atoms with E-state index >= 15 is 0 Å². The standard InChI is InChI=1S/C16H14ClNO5/c1-21-11-3-4-12(14(8-11)22-2)13(19)9-23-16(20)10-5-6-18-15(17)7-10/h3-8H,9H2,1-2H3. The van der Waals surface area contributed by atoms with Crippen LogP contribution < -0.4 is 9.47 Å². The van der Waals surface area contributed by atoms with E-state index in [9.17, 15) is 9.59 Å². The Hall–Kier alpha value is -2.60. The van der Waals surface area contributed by atoms with Crippen molar-refractivity contribution in [3.8, 4) is 11.5 Å². The summed E-state index contributed by atoms with van der Waals surface area (Å²) in [6.45, 7) is -0.415. The zero-order valence-corrected chi connectivity index (χ0v) is 13.3. The van der Waals surface area contributed by atoms with Crippen LogP contribution in [0.1, 0.15) is 20.7 Å². The zero-order valence-electron chi connectivity index (χ0n) is 12.5. The summed E-state index contributed by atoms with van der Waals surface area (Å²) in [6, 6.07) is 7.57. The predicted molar refractivity (Wildman–Crippen MR) is 83.4 cm³/mol. The molecule has 6 nitrogen and oxygen atoms in total. The van der Waals surface area contributed by atoms with Crippen LogP contribution in [0, 0.1) is 0 Å². The number of esters is 1. The maximum absolute atomic E-state index is 12.2. The van der Waals surface area contributed by atoms with E-state index in [0.717, 1.165) is 0 Å². The number of carbonyl (C=O) groups is 2. The molecule has 0 aliphatic heterocycles. The molecule has 0 unspecified atom stereocenters. The summed E-state index contributed by atoms with van der Waals surface area (Å²) < 4.78 is 15.2. The van der Waals surface area contributed by atoms with Crippen molar-refractivity contribution in [3.05, 3.63) is 52.8 Å². The molecule has 0 aliphatic rings. The molecule has 1 heterocycles. The average Bonchev–Trinajstić information content (AvgIpc) is 2.58. The molecule has 0 amide bonds. The molecule has 0 fully saturated rings. The molecule has 0 bridgehead atoms. The Balaban J connectivity index is 2.06. The molecule has 7 heteroatoms. The minimum Gasteiger partial charge on any atom is -0.497 e. The maximum Gasteiger partial charge on any atom is 0.338 e. The molecule has 0 radical (unpaired) electrons. The van der Waals surface area contributed by atoms with Gasteiger partial charge in [0.05, 0.1) is 25.3 Å². The van der Waals surface area contributed by atoms with Gasteiger partial charge in [0.1, 0.15) is 16.7 Å². The lowest BCUT2D eigenvalue weighted by Gasteiger charge is -2.10. The molecule has 120 valence electrons. The van der Waals surface area contributed by atoms with E-state index in [-0.39, 0.29) is 10.7 Å². The molecule has 0 saturated carbocycles. The Bertz CT molecular complexity index is 732. The highest BCUT2D eigenvalue weighted by molar-refractivity contribution is 6.29. The Morgan fingerprint density at radius 1 is 1.13 bits per heavy atom. The van der Waals surface area contributed by atoms with Crippen LogP contribution in [0.2, 0.25) is 5.15 Å². The van der Waals surface area contributed by atoms with Crippen molar-refractivity contribution >= 4 is 23.4 Å². The van der Waals surface area contributed by atoms with Gasteiger partial charge in [-0.25, -0.2) is 9.78 Å². The maximum atomic E-state index is 12.2. The second-order valence-electron chi connectivity index (χ2n) is 4.43. The van der Waals surface area contributed by atoms with E-state index < -0.39 is 18.4 Å². The fourth-order valence-corrected chi connectivity index (χ4v) is 2.02. The van der Waals surface area contributed by atoms with Crippen LogP contribution in [0.3, 0.4) is 0 Å². The highest BCUT2D eigenvalue weighted by atomic mass is 35.5. The topological polar surface area (TPSA) is 74.7 Å². The molecule has 23 heavy (non-hydrogen) atoms. The number of hydrogen-bond donors (Lipinski definition) is 0. The van der Waals surface area contributed by atoms with E-state index in [1.165, 1.54) is 32.5 Å². The summed E-state index contributed by atoms with van der Waals surface area (Å²) >= 11 is 5.70. The summed E-state index contributed by atoms with van der Waals surface area (Å²) in [5, 5.41) is 0.169. The molecular weight excluding hydrogens is 322 g/mol. The van der Waals surface area contributed by atoms with Gasteiger partial charge in [-0.2, -0.15) is 0 Å². The number of ketones is 1. The van der Waals surface area contributed by atoms with Gasteiger partial charge in [0, 0.05) is 12.3 Å². The SMILES string of the molecule is COc1ccc(C(=O)COC(=O)c2ccnc(Cl)c2)c(OC)c1. The predicted octanol–water partition coefficient (Wildman–Crippen LogP) is 2.79. The van der Waals surface area contributed by atoms with Crippen LogP contribution in [-0.2, 0) is 4.74 Å². The fraction of sp³-hybridized carbons (Fsp3) is 0.188. The summed E-state index contributed by atoms with van der Waals surface area (Å²) in [5.74, 6) is -0.146. The smallest absolute Gasteiger partial charge is 0.338 e. The largest absolute Gasteiger partial charge is 0.497 e. The highest BCUT2D eigenvalue weighted by Crippen LogP contribution is 2.25. The number of halogens is 1. The number of methoxy groups -OCH3 is 2. The number of aromatic nitrogens is 1. The molecular formula is C16H14ClNO5. The molecule has 2 rings (SSSR count). The van der Waals surface area contributed by atoms with E-state index in [1.807, 2.05) is 0 Å². The molecule has 0 atom stereocenters. The molecule has 0 spiro atoms. The van der Waals surface area contributed by atoms with Gasteiger partial charge in [-0.15, -0.1) is 0 Å². The van der Waals surface area contributed by atoms with Crippen LogP contribution in [0.25, 0.3) is 0 Å². The number of nitrogens with zero attached hydrogens (tertiary/aromatic N) is 1. The van der Waals surface area contributed by atoms with E-state index in [2.05, 4.69) is 4.98 Å². The minimum absolute atomic E-state index is 0.169. The van der Waals surface area contributed by atoms with Crippen molar-refractivity contribution in [2.24, 2.45) is 0 Å². The molecule has 1 aromatic carbocycles. The van der Waals surface area contributed by atoms with Crippen LogP contribution >= 0.6 is 11.6 Å². The Labute approximate surface area is 137 Å². The van der Waals surface area contributed by atoms with Crippen LogP contribution in [0.5, 0.6) is 11.5 Å². The van der Waals surface area contributed by atoms with Crippen molar-refractivity contribution in [2.45, 2.75) is 0 Å². The number of ether oxygens (including phenoxy) is 3. The van der Waals surface area contributed by atoms with Crippen molar-refractivity contribution in [3.63, 3.8) is 0 Å². The third-order valence-electron chi connectivity index (χ3n) is 3.01. The van der Waals surface area contributed by atoms with Crippen LogP contribution in [0.15, 0.2) is 36.5 Å². The van der Waals surface area contributed by atoms with Gasteiger partial charge in [0.2, 0.25) is 5.78 Å². The number of Topliss-reactive ketones (excluding diaryl/α,β-unsaturated/α-hetero) is 1. The van der Waals surface area contributed by atoms with E-state index in [0.29, 0.717) is 17.1 Å². The quantitative estimate of drug-likeness (QED) is 0.459. The highest BCUT2D eigenvalue weighted by Gasteiger charge is 2.16. The first-order chi connectivity index (χ1) is 11.0. The average molecular weight is 336 g/mol. The minimum atomic E-state index is -0.657. The Morgan fingerprint density at radius 3 is 2.57 bits per heavy atom. The second-order valence-corrected chi connectivity index (χ2v) is 4.82. The number of pyridine rings is 1. The lowest BCUT2D eigenvalue weighted by atomic mass is 10.1. The van der Waals surface area contributed by atoms with Gasteiger partial charge in [-0.3, -0.25) is 4.79 Å². The van der Waals surface area contributed by atoms with E-state index in [4.69, 9.17) is 25.8 Å². The van der Waals surface area contributed by atoms with Crippen molar-refractivity contribution in [1.82, 2.24) is 4.98 Å².